The average molecular weight is 293 g/mol. The first kappa shape index (κ1) is 13.4. The minimum absolute atomic E-state index is 0.444. The summed E-state index contributed by atoms with van der Waals surface area (Å²) < 4.78 is 5.01. The summed E-state index contributed by atoms with van der Waals surface area (Å²) in [5, 5.41) is 4.23. The quantitative estimate of drug-likeness (QED) is 0.758. The Kier molecular flexibility index (Phi) is 3.65. The number of anilines is 2. The second kappa shape index (κ2) is 5.44. The molecule has 6 heteroatoms. The van der Waals surface area contributed by atoms with Crippen molar-refractivity contribution in [2.45, 2.75) is 37.0 Å². The van der Waals surface area contributed by atoms with Gasteiger partial charge in [0.15, 0.2) is 5.58 Å². The highest BCUT2D eigenvalue weighted by atomic mass is 32.2. The van der Waals surface area contributed by atoms with Crippen LogP contribution < -0.4 is 16.8 Å². The third kappa shape index (κ3) is 2.65. The zero-order valence-corrected chi connectivity index (χ0v) is 12.3. The van der Waals surface area contributed by atoms with Crippen LogP contribution >= 0.6 is 11.8 Å². The maximum absolute atomic E-state index is 11.2. The molecule has 3 rings (SSSR count). The van der Waals surface area contributed by atoms with Crippen LogP contribution in [-0.2, 0) is 0 Å². The Hall–Kier alpha value is -1.56. The molecule has 0 saturated heterocycles. The van der Waals surface area contributed by atoms with E-state index in [1.807, 2.05) is 17.8 Å². The van der Waals surface area contributed by atoms with E-state index in [4.69, 9.17) is 10.2 Å². The standard InChI is InChI=1S/C14H19N3O2S/c1-20-9-4-2-3-8(5-9)16-11-7-12-13(6-10(11)15)19-14(18)17-12/h6-9,16H,2-5,15H2,1H3,(H,17,18). The van der Waals surface area contributed by atoms with Crippen molar-refractivity contribution in [1.82, 2.24) is 4.98 Å². The number of aromatic amines is 1. The lowest BCUT2D eigenvalue weighted by Crippen LogP contribution is -2.28. The van der Waals surface area contributed by atoms with Gasteiger partial charge in [0.1, 0.15) is 0 Å². The van der Waals surface area contributed by atoms with Crippen LogP contribution in [-0.4, -0.2) is 22.5 Å². The van der Waals surface area contributed by atoms with Gasteiger partial charge >= 0.3 is 5.76 Å². The van der Waals surface area contributed by atoms with Gasteiger partial charge in [0.05, 0.1) is 16.9 Å². The van der Waals surface area contributed by atoms with Crippen molar-refractivity contribution >= 4 is 34.2 Å². The fourth-order valence-corrected chi connectivity index (χ4v) is 3.68. The third-order valence-corrected chi connectivity index (χ3v) is 5.00. The van der Waals surface area contributed by atoms with E-state index in [0.717, 1.165) is 23.8 Å². The van der Waals surface area contributed by atoms with Gasteiger partial charge in [-0.3, -0.25) is 4.98 Å². The van der Waals surface area contributed by atoms with Crippen molar-refractivity contribution in [1.29, 1.82) is 0 Å². The van der Waals surface area contributed by atoms with Crippen molar-refractivity contribution in [2.24, 2.45) is 0 Å². The van der Waals surface area contributed by atoms with E-state index >= 15 is 0 Å². The summed E-state index contributed by atoms with van der Waals surface area (Å²) in [6.45, 7) is 0. The molecule has 2 unspecified atom stereocenters. The number of nitrogens with one attached hydrogen (secondary N) is 2. The Balaban J connectivity index is 1.82. The Morgan fingerprint density at radius 2 is 2.30 bits per heavy atom. The van der Waals surface area contributed by atoms with Crippen molar-refractivity contribution in [3.63, 3.8) is 0 Å². The molecule has 2 atom stereocenters. The van der Waals surface area contributed by atoms with Gasteiger partial charge in [0, 0.05) is 17.4 Å². The first-order valence-corrected chi connectivity index (χ1v) is 8.16. The zero-order chi connectivity index (χ0) is 14.1. The molecule has 0 spiro atoms. The van der Waals surface area contributed by atoms with Gasteiger partial charge in [-0.05, 0) is 31.6 Å². The molecule has 1 aromatic carbocycles. The number of oxazole rings is 1. The molecule has 0 radical (unpaired) electrons. The Bertz CT molecular complexity index is 664. The second-order valence-electron chi connectivity index (χ2n) is 5.32. The van der Waals surface area contributed by atoms with Crippen molar-refractivity contribution in [3.05, 3.63) is 22.7 Å². The third-order valence-electron chi connectivity index (χ3n) is 3.91. The second-order valence-corrected chi connectivity index (χ2v) is 6.45. The molecule has 2 aromatic rings. The van der Waals surface area contributed by atoms with Gasteiger partial charge in [0.25, 0.3) is 0 Å². The number of benzene rings is 1. The van der Waals surface area contributed by atoms with E-state index in [1.165, 1.54) is 12.8 Å². The lowest BCUT2D eigenvalue weighted by atomic mass is 9.94. The van der Waals surface area contributed by atoms with Crippen molar-refractivity contribution < 1.29 is 4.42 Å². The number of hydrogen-bond donors (Lipinski definition) is 3. The first-order chi connectivity index (χ1) is 9.65. The highest BCUT2D eigenvalue weighted by Gasteiger charge is 2.21. The maximum Gasteiger partial charge on any atom is 0.417 e. The minimum Gasteiger partial charge on any atom is -0.408 e. The smallest absolute Gasteiger partial charge is 0.408 e. The number of rotatable bonds is 3. The van der Waals surface area contributed by atoms with Gasteiger partial charge in [0.2, 0.25) is 0 Å². The molecule has 20 heavy (non-hydrogen) atoms. The van der Waals surface area contributed by atoms with Gasteiger partial charge in [-0.1, -0.05) is 6.42 Å². The molecule has 5 nitrogen and oxygen atoms in total. The molecule has 1 aromatic heterocycles. The van der Waals surface area contributed by atoms with Gasteiger partial charge < -0.3 is 15.5 Å². The predicted octanol–water partition coefficient (Wildman–Crippen LogP) is 2.79. The van der Waals surface area contributed by atoms with E-state index < -0.39 is 5.76 Å². The Labute approximate surface area is 121 Å². The summed E-state index contributed by atoms with van der Waals surface area (Å²) in [4.78, 5) is 13.9. The van der Waals surface area contributed by atoms with Crippen LogP contribution in [0.2, 0.25) is 0 Å². The minimum atomic E-state index is -0.448. The van der Waals surface area contributed by atoms with E-state index in [2.05, 4.69) is 16.6 Å². The van der Waals surface area contributed by atoms with E-state index in [-0.39, 0.29) is 0 Å². The van der Waals surface area contributed by atoms with Gasteiger partial charge in [-0.25, -0.2) is 4.79 Å². The highest BCUT2D eigenvalue weighted by Crippen LogP contribution is 2.31. The normalized spacial score (nSPS) is 23.1. The maximum atomic E-state index is 11.2. The highest BCUT2D eigenvalue weighted by molar-refractivity contribution is 7.99. The Morgan fingerprint density at radius 3 is 3.10 bits per heavy atom. The van der Waals surface area contributed by atoms with Crippen molar-refractivity contribution in [2.75, 3.05) is 17.3 Å². The topological polar surface area (TPSA) is 84.0 Å². The number of thioether (sulfide) groups is 1. The number of nitrogens with two attached hydrogens (primary N) is 1. The molecule has 1 saturated carbocycles. The summed E-state index contributed by atoms with van der Waals surface area (Å²) in [5.74, 6) is -0.448. The molecule has 1 fully saturated rings. The first-order valence-electron chi connectivity index (χ1n) is 6.87. The summed E-state index contributed by atoms with van der Waals surface area (Å²) >= 11 is 1.94. The van der Waals surface area contributed by atoms with Crippen LogP contribution in [0.1, 0.15) is 25.7 Å². The van der Waals surface area contributed by atoms with Crippen LogP contribution in [0.25, 0.3) is 11.1 Å². The SMILES string of the molecule is CSC1CCCC(Nc2cc3[nH]c(=O)oc3cc2N)C1. The van der Waals surface area contributed by atoms with E-state index in [0.29, 0.717) is 22.8 Å². The molecule has 0 amide bonds. The van der Waals surface area contributed by atoms with Crippen LogP contribution in [0.5, 0.6) is 0 Å². The fraction of sp³-hybridized carbons (Fsp3) is 0.500. The zero-order valence-electron chi connectivity index (χ0n) is 11.4. The predicted molar refractivity (Wildman–Crippen MR) is 84.4 cm³/mol. The van der Waals surface area contributed by atoms with Gasteiger partial charge in [-0.15, -0.1) is 0 Å². The monoisotopic (exact) mass is 293 g/mol. The van der Waals surface area contributed by atoms with Crippen LogP contribution in [0, 0.1) is 0 Å². The Morgan fingerprint density at radius 1 is 1.45 bits per heavy atom. The number of fused-ring (bicyclic) bond motifs is 1. The number of aromatic nitrogens is 1. The molecule has 1 aliphatic rings. The van der Waals surface area contributed by atoms with Crippen molar-refractivity contribution in [3.8, 4) is 0 Å². The largest absolute Gasteiger partial charge is 0.417 e. The fourth-order valence-electron chi connectivity index (χ4n) is 2.85. The van der Waals surface area contributed by atoms with Crippen LogP contribution in [0.4, 0.5) is 11.4 Å². The van der Waals surface area contributed by atoms with Crippen LogP contribution in [0.15, 0.2) is 21.3 Å². The number of nitrogen functional groups attached to an aromatic ring is 1. The number of hydrogen-bond acceptors (Lipinski definition) is 5. The molecule has 0 bridgehead atoms. The summed E-state index contributed by atoms with van der Waals surface area (Å²) in [6, 6.07) is 4.00. The summed E-state index contributed by atoms with van der Waals surface area (Å²) in [6.07, 6.45) is 7.03. The summed E-state index contributed by atoms with van der Waals surface area (Å²) in [7, 11) is 0. The molecule has 1 aliphatic carbocycles. The molecule has 108 valence electrons. The lowest BCUT2D eigenvalue weighted by molar-refractivity contribution is 0.474. The average Bonchev–Trinajstić information content (AvgIpc) is 2.78. The molecule has 4 N–H and O–H groups in total. The molecular formula is C14H19N3O2S. The van der Waals surface area contributed by atoms with Crippen LogP contribution in [0.3, 0.4) is 0 Å². The van der Waals surface area contributed by atoms with Gasteiger partial charge in [-0.2, -0.15) is 11.8 Å². The molecular weight excluding hydrogens is 274 g/mol. The lowest BCUT2D eigenvalue weighted by Gasteiger charge is -2.29. The van der Waals surface area contributed by atoms with E-state index in [9.17, 15) is 4.79 Å². The molecule has 1 heterocycles. The number of H-pyrrole nitrogens is 1. The molecule has 0 aliphatic heterocycles. The summed E-state index contributed by atoms with van der Waals surface area (Å²) in [5.41, 5.74) is 8.72. The van der Waals surface area contributed by atoms with E-state index in [1.54, 1.807) is 6.07 Å².